The highest BCUT2D eigenvalue weighted by Gasteiger charge is 2.09. The van der Waals surface area contributed by atoms with Gasteiger partial charge in [-0.2, -0.15) is 5.10 Å². The Morgan fingerprint density at radius 1 is 1.25 bits per heavy atom. The molecule has 0 unspecified atom stereocenters. The van der Waals surface area contributed by atoms with Crippen molar-refractivity contribution in [2.75, 3.05) is 11.9 Å². The van der Waals surface area contributed by atoms with E-state index < -0.39 is 0 Å². The zero-order chi connectivity index (χ0) is 14.4. The standard InChI is InChI=1S/C15H20N4O/c1-3-9-16-11-12-4-6-13(7-5-12)18-15(20)14-8-10-17-19(14)2/h4-8,10,16H,3,9,11H2,1-2H3,(H,18,20). The SMILES string of the molecule is CCCNCc1ccc(NC(=O)c2ccnn2C)cc1. The monoisotopic (exact) mass is 272 g/mol. The fraction of sp³-hybridized carbons (Fsp3) is 0.333. The van der Waals surface area contributed by atoms with E-state index >= 15 is 0 Å². The van der Waals surface area contributed by atoms with Crippen molar-refractivity contribution in [1.82, 2.24) is 15.1 Å². The van der Waals surface area contributed by atoms with Crippen LogP contribution < -0.4 is 10.6 Å². The Morgan fingerprint density at radius 2 is 2.00 bits per heavy atom. The van der Waals surface area contributed by atoms with Crippen LogP contribution in [0.15, 0.2) is 36.5 Å². The Bertz CT molecular complexity index is 560. The Kier molecular flexibility index (Phi) is 4.90. The second-order valence-electron chi connectivity index (χ2n) is 4.67. The van der Waals surface area contributed by atoms with Gasteiger partial charge in [0.2, 0.25) is 0 Å². The van der Waals surface area contributed by atoms with E-state index in [4.69, 9.17) is 0 Å². The lowest BCUT2D eigenvalue weighted by Crippen LogP contribution is -2.16. The number of hydrogen-bond donors (Lipinski definition) is 2. The maximum atomic E-state index is 12.0. The summed E-state index contributed by atoms with van der Waals surface area (Å²) >= 11 is 0. The number of nitrogens with one attached hydrogen (secondary N) is 2. The highest BCUT2D eigenvalue weighted by atomic mass is 16.2. The molecule has 2 rings (SSSR count). The second-order valence-corrected chi connectivity index (χ2v) is 4.67. The number of carbonyl (C=O) groups is 1. The van der Waals surface area contributed by atoms with Crippen molar-refractivity contribution in [3.63, 3.8) is 0 Å². The van der Waals surface area contributed by atoms with Gasteiger partial charge in [0.25, 0.3) is 5.91 Å². The number of hydrogen-bond acceptors (Lipinski definition) is 3. The summed E-state index contributed by atoms with van der Waals surface area (Å²) in [5.41, 5.74) is 2.53. The van der Waals surface area contributed by atoms with Crippen LogP contribution in [0.25, 0.3) is 0 Å². The molecular weight excluding hydrogens is 252 g/mol. The first-order chi connectivity index (χ1) is 9.70. The second kappa shape index (κ2) is 6.86. The molecule has 0 radical (unpaired) electrons. The molecule has 0 fully saturated rings. The van der Waals surface area contributed by atoms with Crippen LogP contribution in [-0.2, 0) is 13.6 Å². The Labute approximate surface area is 119 Å². The first-order valence-corrected chi connectivity index (χ1v) is 6.79. The van der Waals surface area contributed by atoms with Crippen LogP contribution in [0.5, 0.6) is 0 Å². The molecule has 2 N–H and O–H groups in total. The molecule has 0 saturated carbocycles. The van der Waals surface area contributed by atoms with Gasteiger partial charge < -0.3 is 10.6 Å². The van der Waals surface area contributed by atoms with E-state index in [2.05, 4.69) is 22.7 Å². The summed E-state index contributed by atoms with van der Waals surface area (Å²) in [7, 11) is 1.75. The summed E-state index contributed by atoms with van der Waals surface area (Å²) in [6.45, 7) is 4.01. The predicted octanol–water partition coefficient (Wildman–Crippen LogP) is 2.17. The van der Waals surface area contributed by atoms with Gasteiger partial charge in [-0.25, -0.2) is 0 Å². The van der Waals surface area contributed by atoms with Crippen LogP contribution in [0.1, 0.15) is 29.4 Å². The first-order valence-electron chi connectivity index (χ1n) is 6.79. The van der Waals surface area contributed by atoms with E-state index in [9.17, 15) is 4.79 Å². The lowest BCUT2D eigenvalue weighted by atomic mass is 10.2. The van der Waals surface area contributed by atoms with Crippen molar-refractivity contribution < 1.29 is 4.79 Å². The van der Waals surface area contributed by atoms with E-state index in [1.54, 1.807) is 24.0 Å². The Hall–Kier alpha value is -2.14. The number of aryl methyl sites for hydroxylation is 1. The summed E-state index contributed by atoms with van der Waals surface area (Å²) in [6, 6.07) is 9.55. The number of benzene rings is 1. The average molecular weight is 272 g/mol. The highest BCUT2D eigenvalue weighted by Crippen LogP contribution is 2.11. The lowest BCUT2D eigenvalue weighted by molar-refractivity contribution is 0.101. The van der Waals surface area contributed by atoms with E-state index in [1.165, 1.54) is 5.56 Å². The van der Waals surface area contributed by atoms with E-state index in [0.717, 1.165) is 25.2 Å². The zero-order valence-electron chi connectivity index (χ0n) is 11.9. The molecule has 0 aliphatic carbocycles. The number of rotatable bonds is 6. The molecule has 1 aromatic carbocycles. The van der Waals surface area contributed by atoms with E-state index in [-0.39, 0.29) is 5.91 Å². The van der Waals surface area contributed by atoms with Gasteiger partial charge in [0.1, 0.15) is 5.69 Å². The van der Waals surface area contributed by atoms with Gasteiger partial charge in [0, 0.05) is 25.5 Å². The third-order valence-electron chi connectivity index (χ3n) is 3.02. The minimum absolute atomic E-state index is 0.151. The highest BCUT2D eigenvalue weighted by molar-refractivity contribution is 6.02. The van der Waals surface area contributed by atoms with Gasteiger partial charge in [0.15, 0.2) is 0 Å². The molecule has 0 saturated heterocycles. The van der Waals surface area contributed by atoms with Crippen molar-refractivity contribution in [2.24, 2.45) is 7.05 Å². The maximum Gasteiger partial charge on any atom is 0.273 e. The largest absolute Gasteiger partial charge is 0.321 e. The molecule has 106 valence electrons. The minimum Gasteiger partial charge on any atom is -0.321 e. The molecule has 1 heterocycles. The summed E-state index contributed by atoms with van der Waals surface area (Å²) in [4.78, 5) is 12.0. The number of carbonyl (C=O) groups excluding carboxylic acids is 1. The molecule has 5 heteroatoms. The van der Waals surface area contributed by atoms with Crippen LogP contribution in [0.3, 0.4) is 0 Å². The zero-order valence-corrected chi connectivity index (χ0v) is 11.9. The molecule has 0 atom stereocenters. The van der Waals surface area contributed by atoms with Crippen molar-refractivity contribution >= 4 is 11.6 Å². The molecule has 0 bridgehead atoms. The Morgan fingerprint density at radius 3 is 2.60 bits per heavy atom. The van der Waals surface area contributed by atoms with Crippen LogP contribution >= 0.6 is 0 Å². The fourth-order valence-electron chi connectivity index (χ4n) is 1.91. The van der Waals surface area contributed by atoms with Gasteiger partial charge >= 0.3 is 0 Å². The lowest BCUT2D eigenvalue weighted by Gasteiger charge is -2.07. The third kappa shape index (κ3) is 3.68. The molecule has 5 nitrogen and oxygen atoms in total. The summed E-state index contributed by atoms with van der Waals surface area (Å²) in [5.74, 6) is -0.151. The van der Waals surface area contributed by atoms with Gasteiger partial charge in [-0.3, -0.25) is 9.48 Å². The molecule has 1 amide bonds. The molecule has 1 aromatic heterocycles. The predicted molar refractivity (Wildman–Crippen MR) is 79.6 cm³/mol. The fourth-order valence-corrected chi connectivity index (χ4v) is 1.91. The van der Waals surface area contributed by atoms with Gasteiger partial charge in [0.05, 0.1) is 0 Å². The van der Waals surface area contributed by atoms with E-state index in [1.807, 2.05) is 24.3 Å². The van der Waals surface area contributed by atoms with Crippen LogP contribution in [0, 0.1) is 0 Å². The van der Waals surface area contributed by atoms with Crippen LogP contribution in [-0.4, -0.2) is 22.2 Å². The van der Waals surface area contributed by atoms with Crippen LogP contribution in [0.2, 0.25) is 0 Å². The molecule has 0 spiro atoms. The number of anilines is 1. The summed E-state index contributed by atoms with van der Waals surface area (Å²) in [6.07, 6.45) is 2.73. The van der Waals surface area contributed by atoms with Gasteiger partial charge in [-0.15, -0.1) is 0 Å². The van der Waals surface area contributed by atoms with Crippen LogP contribution in [0.4, 0.5) is 5.69 Å². The van der Waals surface area contributed by atoms with E-state index in [0.29, 0.717) is 5.69 Å². The topological polar surface area (TPSA) is 58.9 Å². The summed E-state index contributed by atoms with van der Waals surface area (Å²) in [5, 5.41) is 10.2. The maximum absolute atomic E-state index is 12.0. The molecule has 0 aliphatic heterocycles. The normalized spacial score (nSPS) is 10.5. The van der Waals surface area contributed by atoms with Crippen molar-refractivity contribution in [3.8, 4) is 0 Å². The smallest absolute Gasteiger partial charge is 0.273 e. The molecular formula is C15H20N4O. The molecule has 0 aliphatic rings. The van der Waals surface area contributed by atoms with Crippen molar-refractivity contribution in [1.29, 1.82) is 0 Å². The number of amides is 1. The van der Waals surface area contributed by atoms with Crippen molar-refractivity contribution in [2.45, 2.75) is 19.9 Å². The molecule has 20 heavy (non-hydrogen) atoms. The number of aromatic nitrogens is 2. The van der Waals surface area contributed by atoms with Gasteiger partial charge in [-0.1, -0.05) is 19.1 Å². The number of nitrogens with zero attached hydrogens (tertiary/aromatic N) is 2. The summed E-state index contributed by atoms with van der Waals surface area (Å²) < 4.78 is 1.55. The third-order valence-corrected chi connectivity index (χ3v) is 3.02. The molecule has 2 aromatic rings. The Balaban J connectivity index is 1.93. The van der Waals surface area contributed by atoms with Crippen molar-refractivity contribution in [3.05, 3.63) is 47.8 Å². The average Bonchev–Trinajstić information content (AvgIpc) is 2.87. The quantitative estimate of drug-likeness (QED) is 0.792. The van der Waals surface area contributed by atoms with Gasteiger partial charge in [-0.05, 0) is 36.7 Å². The minimum atomic E-state index is -0.151. The first kappa shape index (κ1) is 14.3.